The molecule has 1 aromatic heterocycles. The molecule has 0 saturated carbocycles. The van der Waals surface area contributed by atoms with E-state index in [0.717, 1.165) is 51.0 Å². The van der Waals surface area contributed by atoms with Crippen molar-refractivity contribution >= 4 is 0 Å². The van der Waals surface area contributed by atoms with Gasteiger partial charge in [0.25, 0.3) is 0 Å². The van der Waals surface area contributed by atoms with Crippen molar-refractivity contribution in [3.63, 3.8) is 0 Å². The van der Waals surface area contributed by atoms with E-state index in [-0.39, 0.29) is 0 Å². The number of hydrogen-bond acceptors (Lipinski definition) is 4. The van der Waals surface area contributed by atoms with E-state index in [9.17, 15) is 0 Å². The second kappa shape index (κ2) is 9.86. The summed E-state index contributed by atoms with van der Waals surface area (Å²) in [5.41, 5.74) is 2.41. The lowest BCUT2D eigenvalue weighted by molar-refractivity contribution is 0.00161. The van der Waals surface area contributed by atoms with Gasteiger partial charge in [-0.1, -0.05) is 38.8 Å². The second-order valence-electron chi connectivity index (χ2n) is 7.04. The van der Waals surface area contributed by atoms with Crippen molar-refractivity contribution in [2.75, 3.05) is 32.8 Å². The third-order valence-corrected chi connectivity index (χ3v) is 5.50. The number of benzene rings is 1. The first-order chi connectivity index (χ1) is 12.8. The molecule has 2 aromatic rings. The van der Waals surface area contributed by atoms with Gasteiger partial charge in [-0.3, -0.25) is 4.90 Å². The van der Waals surface area contributed by atoms with Crippen LogP contribution in [-0.4, -0.2) is 53.6 Å². The van der Waals surface area contributed by atoms with Crippen LogP contribution >= 0.6 is 0 Å². The predicted molar refractivity (Wildman–Crippen MR) is 106 cm³/mol. The number of aromatic nitrogens is 2. The normalized spacial score (nSPS) is 16.9. The van der Waals surface area contributed by atoms with Gasteiger partial charge < -0.3 is 10.1 Å². The van der Waals surface area contributed by atoms with Crippen LogP contribution in [0.25, 0.3) is 5.69 Å². The molecule has 0 spiro atoms. The third kappa shape index (κ3) is 4.93. The van der Waals surface area contributed by atoms with Crippen LogP contribution in [0, 0.1) is 5.92 Å². The minimum atomic E-state index is 0.595. The first-order valence-corrected chi connectivity index (χ1v) is 9.93. The fourth-order valence-electron chi connectivity index (χ4n) is 3.89. The molecule has 1 aliphatic heterocycles. The second-order valence-corrected chi connectivity index (χ2v) is 7.04. The molecule has 2 heterocycles. The number of rotatable bonds is 9. The molecule has 3 rings (SSSR count). The molecule has 1 atom stereocenters. The molecule has 1 N–H and O–H groups in total. The third-order valence-electron chi connectivity index (χ3n) is 5.50. The van der Waals surface area contributed by atoms with Crippen LogP contribution in [0.5, 0.6) is 0 Å². The Balaban J connectivity index is 1.55. The monoisotopic (exact) mass is 356 g/mol. The van der Waals surface area contributed by atoms with E-state index in [1.54, 1.807) is 6.20 Å². The molecular formula is C21H32N4O. The van der Waals surface area contributed by atoms with Crippen LogP contribution in [0.3, 0.4) is 0 Å². The molecule has 1 fully saturated rings. The van der Waals surface area contributed by atoms with Crippen LogP contribution < -0.4 is 5.32 Å². The maximum atomic E-state index is 5.54. The van der Waals surface area contributed by atoms with Gasteiger partial charge in [0.05, 0.1) is 18.9 Å². The summed E-state index contributed by atoms with van der Waals surface area (Å²) in [6.07, 6.45) is 6.24. The van der Waals surface area contributed by atoms with E-state index < -0.39 is 0 Å². The Morgan fingerprint density at radius 3 is 2.46 bits per heavy atom. The SMILES string of the molecule is CCC(CC)C(CNCc1ccc(-n2cccn2)cc1)N1CCOCC1. The molecule has 1 unspecified atom stereocenters. The molecule has 142 valence electrons. The number of nitrogens with zero attached hydrogens (tertiary/aromatic N) is 3. The van der Waals surface area contributed by atoms with E-state index >= 15 is 0 Å². The first-order valence-electron chi connectivity index (χ1n) is 9.93. The summed E-state index contributed by atoms with van der Waals surface area (Å²) in [4.78, 5) is 2.62. The molecule has 1 aromatic carbocycles. The Morgan fingerprint density at radius 2 is 1.85 bits per heavy atom. The first kappa shape index (κ1) is 19.1. The van der Waals surface area contributed by atoms with Crippen molar-refractivity contribution in [2.45, 2.75) is 39.3 Å². The van der Waals surface area contributed by atoms with Crippen LogP contribution in [0.1, 0.15) is 32.3 Å². The molecular weight excluding hydrogens is 324 g/mol. The fraction of sp³-hybridized carbons (Fsp3) is 0.571. The Hall–Kier alpha value is -1.69. The van der Waals surface area contributed by atoms with Crippen LogP contribution in [0.4, 0.5) is 0 Å². The molecule has 26 heavy (non-hydrogen) atoms. The predicted octanol–water partition coefficient (Wildman–Crippen LogP) is 3.10. The van der Waals surface area contributed by atoms with Gasteiger partial charge in [-0.05, 0) is 29.7 Å². The van der Waals surface area contributed by atoms with Crippen LogP contribution in [0.15, 0.2) is 42.7 Å². The van der Waals surface area contributed by atoms with Gasteiger partial charge in [0.2, 0.25) is 0 Å². The molecule has 0 radical (unpaired) electrons. The van der Waals surface area contributed by atoms with E-state index in [0.29, 0.717) is 6.04 Å². The molecule has 1 saturated heterocycles. The zero-order chi connectivity index (χ0) is 18.2. The van der Waals surface area contributed by atoms with Crippen molar-refractivity contribution in [3.05, 3.63) is 48.3 Å². The van der Waals surface area contributed by atoms with Gasteiger partial charge in [0.1, 0.15) is 0 Å². The van der Waals surface area contributed by atoms with Crippen molar-refractivity contribution in [1.29, 1.82) is 0 Å². The van der Waals surface area contributed by atoms with Crippen molar-refractivity contribution in [3.8, 4) is 5.69 Å². The van der Waals surface area contributed by atoms with Gasteiger partial charge in [0.15, 0.2) is 0 Å². The Labute approximate surface area is 157 Å². The summed E-state index contributed by atoms with van der Waals surface area (Å²) in [5.74, 6) is 0.739. The maximum absolute atomic E-state index is 5.54. The standard InChI is InChI=1S/C21H32N4O/c1-3-19(4-2)21(24-12-14-26-15-13-24)17-22-16-18-6-8-20(9-7-18)25-11-5-10-23-25/h5-11,19,21-22H,3-4,12-17H2,1-2H3. The minimum Gasteiger partial charge on any atom is -0.379 e. The van der Waals surface area contributed by atoms with E-state index in [1.165, 1.54) is 18.4 Å². The summed E-state index contributed by atoms with van der Waals surface area (Å²) in [6.45, 7) is 10.4. The summed E-state index contributed by atoms with van der Waals surface area (Å²) < 4.78 is 7.43. The Morgan fingerprint density at radius 1 is 1.12 bits per heavy atom. The largest absolute Gasteiger partial charge is 0.379 e. The fourth-order valence-corrected chi connectivity index (χ4v) is 3.89. The highest BCUT2D eigenvalue weighted by Gasteiger charge is 2.26. The topological polar surface area (TPSA) is 42.3 Å². The van der Waals surface area contributed by atoms with Gasteiger partial charge in [-0.2, -0.15) is 5.10 Å². The van der Waals surface area contributed by atoms with Crippen molar-refractivity contribution in [1.82, 2.24) is 20.0 Å². The minimum absolute atomic E-state index is 0.595. The van der Waals surface area contributed by atoms with Gasteiger partial charge in [-0.25, -0.2) is 4.68 Å². The number of hydrogen-bond donors (Lipinski definition) is 1. The molecule has 1 aliphatic rings. The van der Waals surface area contributed by atoms with E-state index in [4.69, 9.17) is 4.74 Å². The molecule has 0 bridgehead atoms. The van der Waals surface area contributed by atoms with Crippen molar-refractivity contribution < 1.29 is 4.74 Å². The highest BCUT2D eigenvalue weighted by atomic mass is 16.5. The van der Waals surface area contributed by atoms with Gasteiger partial charge in [-0.15, -0.1) is 0 Å². The number of ether oxygens (including phenoxy) is 1. The van der Waals surface area contributed by atoms with Crippen molar-refractivity contribution in [2.24, 2.45) is 5.92 Å². The lowest BCUT2D eigenvalue weighted by Gasteiger charge is -2.39. The Bertz CT molecular complexity index is 616. The zero-order valence-corrected chi connectivity index (χ0v) is 16.1. The van der Waals surface area contributed by atoms with Crippen LogP contribution in [-0.2, 0) is 11.3 Å². The smallest absolute Gasteiger partial charge is 0.0645 e. The average molecular weight is 357 g/mol. The molecule has 5 heteroatoms. The summed E-state index contributed by atoms with van der Waals surface area (Å²) in [6, 6.07) is 11.2. The van der Waals surface area contributed by atoms with E-state index in [2.05, 4.69) is 53.4 Å². The maximum Gasteiger partial charge on any atom is 0.0645 e. The highest BCUT2D eigenvalue weighted by Crippen LogP contribution is 2.20. The summed E-state index contributed by atoms with van der Waals surface area (Å²) >= 11 is 0. The number of nitrogens with one attached hydrogen (secondary N) is 1. The van der Waals surface area contributed by atoms with Gasteiger partial charge >= 0.3 is 0 Å². The summed E-state index contributed by atoms with van der Waals surface area (Å²) in [7, 11) is 0. The molecule has 5 nitrogen and oxygen atoms in total. The zero-order valence-electron chi connectivity index (χ0n) is 16.1. The molecule has 0 aliphatic carbocycles. The quantitative estimate of drug-likeness (QED) is 0.750. The molecule has 0 amide bonds. The van der Waals surface area contributed by atoms with Crippen LogP contribution in [0.2, 0.25) is 0 Å². The average Bonchev–Trinajstić information content (AvgIpc) is 3.23. The van der Waals surface area contributed by atoms with Gasteiger partial charge in [0, 0.05) is 44.6 Å². The lowest BCUT2D eigenvalue weighted by Crippen LogP contribution is -2.51. The highest BCUT2D eigenvalue weighted by molar-refractivity contribution is 5.33. The lowest BCUT2D eigenvalue weighted by atomic mass is 9.92. The summed E-state index contributed by atoms with van der Waals surface area (Å²) in [5, 5.41) is 7.97. The van der Waals surface area contributed by atoms with E-state index in [1.807, 2.05) is 16.9 Å². The number of morpholine rings is 1. The Kier molecular flexibility index (Phi) is 7.23.